The highest BCUT2D eigenvalue weighted by atomic mass is 32.1. The molecule has 0 spiro atoms. The number of hydrogen-bond donors (Lipinski definition) is 2. The van der Waals surface area contributed by atoms with E-state index >= 15 is 0 Å². The van der Waals surface area contributed by atoms with Crippen LogP contribution in [0.25, 0.3) is 0 Å². The number of ether oxygens (including phenoxy) is 1. The Morgan fingerprint density at radius 1 is 1.40 bits per heavy atom. The van der Waals surface area contributed by atoms with Crippen LogP contribution in [0.15, 0.2) is 18.2 Å². The van der Waals surface area contributed by atoms with Gasteiger partial charge in [0, 0.05) is 11.0 Å². The van der Waals surface area contributed by atoms with Gasteiger partial charge in [0.1, 0.15) is 10.7 Å². The fourth-order valence-electron chi connectivity index (χ4n) is 2.68. The molecule has 20 heavy (non-hydrogen) atoms. The van der Waals surface area contributed by atoms with Gasteiger partial charge in [-0.1, -0.05) is 38.0 Å². The van der Waals surface area contributed by atoms with Crippen LogP contribution in [-0.2, 0) is 4.79 Å². The van der Waals surface area contributed by atoms with E-state index in [1.165, 1.54) is 0 Å². The third kappa shape index (κ3) is 2.77. The quantitative estimate of drug-likeness (QED) is 0.838. The van der Waals surface area contributed by atoms with Crippen molar-refractivity contribution in [3.63, 3.8) is 0 Å². The molecular formula is C15H20N2O2S. The number of para-hydroxylation sites is 1. The average Bonchev–Trinajstić information content (AvgIpc) is 2.87. The summed E-state index contributed by atoms with van der Waals surface area (Å²) in [5.74, 6) is 0.585. The molecule has 0 aromatic heterocycles. The van der Waals surface area contributed by atoms with E-state index in [0.717, 1.165) is 25.7 Å². The summed E-state index contributed by atoms with van der Waals surface area (Å²) in [7, 11) is 1.56. The first kappa shape index (κ1) is 14.8. The molecule has 2 rings (SSSR count). The largest absolute Gasteiger partial charge is 0.495 e. The predicted molar refractivity (Wildman–Crippen MR) is 84.1 cm³/mol. The maximum absolute atomic E-state index is 12.5. The van der Waals surface area contributed by atoms with Gasteiger partial charge in [-0.2, -0.15) is 0 Å². The zero-order valence-electron chi connectivity index (χ0n) is 11.9. The average molecular weight is 292 g/mol. The van der Waals surface area contributed by atoms with E-state index in [4.69, 9.17) is 22.7 Å². The summed E-state index contributed by atoms with van der Waals surface area (Å²) in [5.41, 5.74) is 6.62. The molecule has 3 N–H and O–H groups in total. The van der Waals surface area contributed by atoms with Crippen molar-refractivity contribution >= 4 is 28.8 Å². The van der Waals surface area contributed by atoms with E-state index in [0.29, 0.717) is 17.0 Å². The second-order valence-corrected chi connectivity index (χ2v) is 5.91. The van der Waals surface area contributed by atoms with Gasteiger partial charge in [0.15, 0.2) is 0 Å². The zero-order valence-corrected chi connectivity index (χ0v) is 12.7. The molecule has 0 unspecified atom stereocenters. The Morgan fingerprint density at radius 2 is 2.05 bits per heavy atom. The lowest BCUT2D eigenvalue weighted by molar-refractivity contribution is -0.124. The monoisotopic (exact) mass is 292 g/mol. The third-order valence-electron chi connectivity index (χ3n) is 4.01. The van der Waals surface area contributed by atoms with Crippen molar-refractivity contribution in [2.45, 2.75) is 32.6 Å². The predicted octanol–water partition coefficient (Wildman–Crippen LogP) is 2.85. The minimum Gasteiger partial charge on any atom is -0.495 e. The summed E-state index contributed by atoms with van der Waals surface area (Å²) >= 11 is 5.04. The van der Waals surface area contributed by atoms with Crippen LogP contribution < -0.4 is 15.8 Å². The lowest BCUT2D eigenvalue weighted by Gasteiger charge is -2.24. The molecule has 1 aromatic rings. The van der Waals surface area contributed by atoms with E-state index in [2.05, 4.69) is 5.32 Å². The molecule has 0 aliphatic heterocycles. The summed E-state index contributed by atoms with van der Waals surface area (Å²) in [4.78, 5) is 12.8. The Hall–Kier alpha value is -1.62. The minimum absolute atomic E-state index is 0.0111. The van der Waals surface area contributed by atoms with Gasteiger partial charge in [0.25, 0.3) is 0 Å². The molecule has 1 saturated carbocycles. The molecule has 0 heterocycles. The highest BCUT2D eigenvalue weighted by Crippen LogP contribution is 2.39. The molecule has 0 atom stereocenters. The van der Waals surface area contributed by atoms with Gasteiger partial charge in [-0.15, -0.1) is 0 Å². The molecule has 0 saturated heterocycles. The second kappa shape index (κ2) is 5.79. The summed E-state index contributed by atoms with van der Waals surface area (Å²) in [6.07, 6.45) is 4.02. The molecule has 108 valence electrons. The molecule has 1 aromatic carbocycles. The van der Waals surface area contributed by atoms with Crippen LogP contribution in [0.4, 0.5) is 5.69 Å². The maximum Gasteiger partial charge on any atom is 0.230 e. The van der Waals surface area contributed by atoms with Gasteiger partial charge in [-0.3, -0.25) is 4.79 Å². The molecule has 0 bridgehead atoms. The fourth-order valence-corrected chi connectivity index (χ4v) is 2.85. The first-order valence-electron chi connectivity index (χ1n) is 6.76. The molecule has 1 fully saturated rings. The number of anilines is 1. The van der Waals surface area contributed by atoms with Crippen LogP contribution in [0.5, 0.6) is 5.75 Å². The van der Waals surface area contributed by atoms with Crippen LogP contribution >= 0.6 is 12.2 Å². The highest BCUT2D eigenvalue weighted by molar-refractivity contribution is 7.80. The standard InChI is InChI=1S/C15H20N2O2S/c1-15(8-3-4-9-15)14(18)17-12-10(13(16)20)6-5-7-11(12)19-2/h5-7H,3-4,8-9H2,1-2H3,(H2,16,20)(H,17,18). The SMILES string of the molecule is COc1cccc(C(N)=S)c1NC(=O)C1(C)CCCC1. The van der Waals surface area contributed by atoms with Crippen molar-refractivity contribution in [3.05, 3.63) is 23.8 Å². The number of nitrogens with one attached hydrogen (secondary N) is 1. The number of amides is 1. The fraction of sp³-hybridized carbons (Fsp3) is 0.467. The molecule has 0 radical (unpaired) electrons. The smallest absolute Gasteiger partial charge is 0.230 e. The van der Waals surface area contributed by atoms with Gasteiger partial charge >= 0.3 is 0 Å². The lowest BCUT2D eigenvalue weighted by atomic mass is 9.87. The third-order valence-corrected chi connectivity index (χ3v) is 4.23. The summed E-state index contributed by atoms with van der Waals surface area (Å²) in [6, 6.07) is 5.38. The molecule has 1 aliphatic rings. The first-order valence-corrected chi connectivity index (χ1v) is 7.17. The molecule has 4 nitrogen and oxygen atoms in total. The van der Waals surface area contributed by atoms with Crippen LogP contribution in [0.2, 0.25) is 0 Å². The van der Waals surface area contributed by atoms with Crippen LogP contribution in [-0.4, -0.2) is 18.0 Å². The minimum atomic E-state index is -0.311. The van der Waals surface area contributed by atoms with Gasteiger partial charge < -0.3 is 15.8 Å². The highest BCUT2D eigenvalue weighted by Gasteiger charge is 2.36. The maximum atomic E-state index is 12.5. The second-order valence-electron chi connectivity index (χ2n) is 5.47. The Morgan fingerprint density at radius 3 is 2.60 bits per heavy atom. The van der Waals surface area contributed by atoms with E-state index in [9.17, 15) is 4.79 Å². The number of hydrogen-bond acceptors (Lipinski definition) is 3. The van der Waals surface area contributed by atoms with E-state index in [1.54, 1.807) is 25.3 Å². The van der Waals surface area contributed by atoms with Crippen molar-refractivity contribution in [2.75, 3.05) is 12.4 Å². The van der Waals surface area contributed by atoms with Gasteiger partial charge in [-0.25, -0.2) is 0 Å². The first-order chi connectivity index (χ1) is 9.48. The Kier molecular flexibility index (Phi) is 4.28. The van der Waals surface area contributed by atoms with Gasteiger partial charge in [0.2, 0.25) is 5.91 Å². The zero-order chi connectivity index (χ0) is 14.8. The Balaban J connectivity index is 2.32. The number of carbonyl (C=O) groups excluding carboxylic acids is 1. The van der Waals surface area contributed by atoms with Crippen molar-refractivity contribution in [2.24, 2.45) is 11.1 Å². The number of carbonyl (C=O) groups is 1. The van der Waals surface area contributed by atoms with Crippen molar-refractivity contribution in [1.82, 2.24) is 0 Å². The van der Waals surface area contributed by atoms with E-state index in [-0.39, 0.29) is 16.3 Å². The van der Waals surface area contributed by atoms with Crippen LogP contribution in [0.1, 0.15) is 38.2 Å². The lowest BCUT2D eigenvalue weighted by Crippen LogP contribution is -2.31. The molecule has 1 amide bonds. The molecule has 5 heteroatoms. The molecule has 1 aliphatic carbocycles. The van der Waals surface area contributed by atoms with Crippen molar-refractivity contribution < 1.29 is 9.53 Å². The van der Waals surface area contributed by atoms with Crippen LogP contribution in [0, 0.1) is 5.41 Å². The summed E-state index contributed by atoms with van der Waals surface area (Å²) < 4.78 is 5.30. The van der Waals surface area contributed by atoms with Crippen molar-refractivity contribution in [3.8, 4) is 5.75 Å². The molecular weight excluding hydrogens is 272 g/mol. The number of nitrogens with two attached hydrogens (primary N) is 1. The van der Waals surface area contributed by atoms with Gasteiger partial charge in [0.05, 0.1) is 12.8 Å². The number of methoxy groups -OCH3 is 1. The van der Waals surface area contributed by atoms with Crippen molar-refractivity contribution in [1.29, 1.82) is 0 Å². The van der Waals surface area contributed by atoms with E-state index in [1.807, 2.05) is 6.92 Å². The number of thiocarbonyl (C=S) groups is 1. The van der Waals surface area contributed by atoms with Gasteiger partial charge in [-0.05, 0) is 25.0 Å². The summed E-state index contributed by atoms with van der Waals surface area (Å²) in [5, 5.41) is 2.96. The Bertz CT molecular complexity index is 537. The van der Waals surface area contributed by atoms with E-state index < -0.39 is 0 Å². The normalized spacial score (nSPS) is 16.7. The number of benzene rings is 1. The number of rotatable bonds is 4. The topological polar surface area (TPSA) is 64.3 Å². The van der Waals surface area contributed by atoms with Crippen LogP contribution in [0.3, 0.4) is 0 Å². The Labute approximate surface area is 124 Å². The summed E-state index contributed by atoms with van der Waals surface area (Å²) in [6.45, 7) is 2.01.